The summed E-state index contributed by atoms with van der Waals surface area (Å²) in [5.41, 5.74) is 0.880. The van der Waals surface area contributed by atoms with E-state index in [0.29, 0.717) is 22.6 Å². The summed E-state index contributed by atoms with van der Waals surface area (Å²) in [5.74, 6) is -0.218. The first-order valence-corrected chi connectivity index (χ1v) is 6.87. The van der Waals surface area contributed by atoms with Crippen LogP contribution in [0.15, 0.2) is 42.5 Å². The van der Waals surface area contributed by atoms with Crippen molar-refractivity contribution in [3.05, 3.63) is 63.7 Å². The van der Waals surface area contributed by atoms with Crippen LogP contribution in [0.4, 0.5) is 5.69 Å². The van der Waals surface area contributed by atoms with Crippen molar-refractivity contribution in [2.45, 2.75) is 0 Å². The lowest BCUT2D eigenvalue weighted by molar-refractivity contribution is -0.384. The molecule has 0 amide bonds. The van der Waals surface area contributed by atoms with Crippen molar-refractivity contribution in [2.24, 2.45) is 0 Å². The highest BCUT2D eigenvalue weighted by molar-refractivity contribution is 6.20. The Balaban J connectivity index is 2.49. The number of hydrogen-bond acceptors (Lipinski definition) is 5. The maximum atomic E-state index is 11.6. The van der Waals surface area contributed by atoms with Crippen molar-refractivity contribution in [1.29, 1.82) is 0 Å². The van der Waals surface area contributed by atoms with E-state index in [2.05, 4.69) is 0 Å². The summed E-state index contributed by atoms with van der Waals surface area (Å²) >= 11 is 0. The van der Waals surface area contributed by atoms with E-state index >= 15 is 0 Å². The van der Waals surface area contributed by atoms with Crippen LogP contribution in [0.2, 0.25) is 0 Å². The molecular weight excluding hydrogens is 314 g/mol. The third-order valence-corrected chi connectivity index (χ3v) is 3.31. The van der Waals surface area contributed by atoms with Gasteiger partial charge in [-0.2, -0.15) is 0 Å². The van der Waals surface area contributed by atoms with Crippen LogP contribution in [0, 0.1) is 10.1 Å². The zero-order chi connectivity index (χ0) is 17.7. The molecule has 0 saturated heterocycles. The van der Waals surface area contributed by atoms with E-state index in [1.165, 1.54) is 44.6 Å². The molecule has 7 heteroatoms. The third kappa shape index (κ3) is 3.89. The molecule has 0 aromatic heterocycles. The molecule has 0 aliphatic rings. The molecule has 0 aliphatic heterocycles. The Kier molecular flexibility index (Phi) is 5.16. The van der Waals surface area contributed by atoms with Gasteiger partial charge in [0.15, 0.2) is 0 Å². The number of aliphatic carboxylic acids is 1. The minimum absolute atomic E-state index is 0.0149. The maximum absolute atomic E-state index is 11.6. The number of hydrogen-bond donors (Lipinski definition) is 1. The molecule has 0 spiro atoms. The molecule has 1 N–H and O–H groups in total. The minimum atomic E-state index is -1.14. The van der Waals surface area contributed by atoms with Crippen LogP contribution < -0.4 is 9.47 Å². The topological polar surface area (TPSA) is 98.9 Å². The number of carbonyl (C=O) groups is 1. The Hall–Kier alpha value is -3.35. The second-order valence-electron chi connectivity index (χ2n) is 4.81. The van der Waals surface area contributed by atoms with Crippen molar-refractivity contribution in [2.75, 3.05) is 14.2 Å². The van der Waals surface area contributed by atoms with Crippen LogP contribution >= 0.6 is 0 Å². The SMILES string of the molecule is COc1cc(OC)cc(C(=Cc2ccc([N+](=O)[O-])cc2)C(=O)O)c1. The van der Waals surface area contributed by atoms with Gasteiger partial charge in [0.2, 0.25) is 0 Å². The van der Waals surface area contributed by atoms with E-state index in [9.17, 15) is 20.0 Å². The number of carboxylic acids is 1. The van der Waals surface area contributed by atoms with Gasteiger partial charge in [-0.15, -0.1) is 0 Å². The van der Waals surface area contributed by atoms with E-state index in [-0.39, 0.29) is 11.3 Å². The second kappa shape index (κ2) is 7.28. The largest absolute Gasteiger partial charge is 0.497 e. The van der Waals surface area contributed by atoms with Crippen LogP contribution in [0.5, 0.6) is 11.5 Å². The molecule has 0 saturated carbocycles. The Morgan fingerprint density at radius 2 is 1.62 bits per heavy atom. The molecule has 0 radical (unpaired) electrons. The first-order chi connectivity index (χ1) is 11.4. The highest BCUT2D eigenvalue weighted by Crippen LogP contribution is 2.28. The molecule has 24 heavy (non-hydrogen) atoms. The molecule has 0 unspecified atom stereocenters. The average Bonchev–Trinajstić information content (AvgIpc) is 2.59. The summed E-state index contributed by atoms with van der Waals surface area (Å²) < 4.78 is 10.3. The van der Waals surface area contributed by atoms with Crippen LogP contribution in [-0.2, 0) is 4.79 Å². The van der Waals surface area contributed by atoms with Crippen molar-refractivity contribution in [3.8, 4) is 11.5 Å². The van der Waals surface area contributed by atoms with E-state index in [1.54, 1.807) is 18.2 Å². The molecule has 0 heterocycles. The highest BCUT2D eigenvalue weighted by atomic mass is 16.6. The molecule has 124 valence electrons. The summed E-state index contributed by atoms with van der Waals surface area (Å²) in [4.78, 5) is 21.8. The molecular formula is C17H15NO6. The lowest BCUT2D eigenvalue weighted by Gasteiger charge is -2.09. The molecule has 0 aliphatic carbocycles. The molecule has 0 fully saturated rings. The predicted molar refractivity (Wildman–Crippen MR) is 88.1 cm³/mol. The van der Waals surface area contributed by atoms with Crippen LogP contribution in [0.1, 0.15) is 11.1 Å². The number of methoxy groups -OCH3 is 2. The predicted octanol–water partition coefficient (Wildman–Crippen LogP) is 3.24. The molecule has 0 atom stereocenters. The molecule has 2 rings (SSSR count). The van der Waals surface area contributed by atoms with Crippen LogP contribution in [0.3, 0.4) is 0 Å². The highest BCUT2D eigenvalue weighted by Gasteiger charge is 2.14. The van der Waals surface area contributed by atoms with Gasteiger partial charge >= 0.3 is 5.97 Å². The van der Waals surface area contributed by atoms with Gasteiger partial charge in [-0.3, -0.25) is 10.1 Å². The van der Waals surface area contributed by atoms with Crippen molar-refractivity contribution in [3.63, 3.8) is 0 Å². The third-order valence-electron chi connectivity index (χ3n) is 3.31. The maximum Gasteiger partial charge on any atom is 0.336 e. The number of rotatable bonds is 6. The molecule has 7 nitrogen and oxygen atoms in total. The number of nitrogens with zero attached hydrogens (tertiary/aromatic N) is 1. The minimum Gasteiger partial charge on any atom is -0.497 e. The Morgan fingerprint density at radius 1 is 1.08 bits per heavy atom. The molecule has 0 bridgehead atoms. The van der Waals surface area contributed by atoms with Gasteiger partial charge in [-0.05, 0) is 41.5 Å². The van der Waals surface area contributed by atoms with Gasteiger partial charge in [-0.25, -0.2) is 4.79 Å². The average molecular weight is 329 g/mol. The van der Waals surface area contributed by atoms with Crippen LogP contribution in [-0.4, -0.2) is 30.2 Å². The summed E-state index contributed by atoms with van der Waals surface area (Å²) in [7, 11) is 2.94. The lowest BCUT2D eigenvalue weighted by atomic mass is 10.0. The van der Waals surface area contributed by atoms with Gasteiger partial charge in [0, 0.05) is 18.2 Å². The number of nitro benzene ring substituents is 1. The number of carboxylic acid groups (broad SMARTS) is 1. The summed E-state index contributed by atoms with van der Waals surface area (Å²) in [5, 5.41) is 20.2. The Morgan fingerprint density at radius 3 is 2.04 bits per heavy atom. The summed E-state index contributed by atoms with van der Waals surface area (Å²) in [6, 6.07) is 10.4. The lowest BCUT2D eigenvalue weighted by Crippen LogP contribution is -2.01. The van der Waals surface area contributed by atoms with Crippen molar-refractivity contribution < 1.29 is 24.3 Å². The number of ether oxygens (including phenoxy) is 2. The van der Waals surface area contributed by atoms with E-state index in [1.807, 2.05) is 0 Å². The zero-order valence-corrected chi connectivity index (χ0v) is 13.1. The summed E-state index contributed by atoms with van der Waals surface area (Å²) in [6.45, 7) is 0. The number of non-ortho nitro benzene ring substituents is 1. The Bertz CT molecular complexity index is 773. The quantitative estimate of drug-likeness (QED) is 0.378. The first kappa shape index (κ1) is 17.0. The van der Waals surface area contributed by atoms with Crippen LogP contribution in [0.25, 0.3) is 11.6 Å². The fraction of sp³-hybridized carbons (Fsp3) is 0.118. The monoisotopic (exact) mass is 329 g/mol. The van der Waals surface area contributed by atoms with E-state index in [4.69, 9.17) is 9.47 Å². The molecule has 2 aromatic rings. The van der Waals surface area contributed by atoms with E-state index < -0.39 is 10.9 Å². The van der Waals surface area contributed by atoms with Gasteiger partial charge in [0.1, 0.15) is 11.5 Å². The number of nitro groups is 1. The zero-order valence-electron chi connectivity index (χ0n) is 13.1. The fourth-order valence-electron chi connectivity index (χ4n) is 2.09. The van der Waals surface area contributed by atoms with Gasteiger partial charge in [0.05, 0.1) is 24.7 Å². The van der Waals surface area contributed by atoms with Crippen molar-refractivity contribution in [1.82, 2.24) is 0 Å². The van der Waals surface area contributed by atoms with Crippen molar-refractivity contribution >= 4 is 23.3 Å². The standard InChI is InChI=1S/C17H15NO6/c1-23-14-8-12(9-15(10-14)24-2)16(17(19)20)7-11-3-5-13(6-4-11)18(21)22/h3-10H,1-2H3,(H,19,20). The first-order valence-electron chi connectivity index (χ1n) is 6.87. The fourth-order valence-corrected chi connectivity index (χ4v) is 2.09. The smallest absolute Gasteiger partial charge is 0.336 e. The summed E-state index contributed by atoms with van der Waals surface area (Å²) in [6.07, 6.45) is 1.43. The molecule has 2 aromatic carbocycles. The normalized spacial score (nSPS) is 11.0. The van der Waals surface area contributed by atoms with Gasteiger partial charge in [-0.1, -0.05) is 0 Å². The van der Waals surface area contributed by atoms with Gasteiger partial charge < -0.3 is 14.6 Å². The second-order valence-corrected chi connectivity index (χ2v) is 4.81. The number of benzene rings is 2. The van der Waals surface area contributed by atoms with E-state index in [0.717, 1.165) is 0 Å². The van der Waals surface area contributed by atoms with Gasteiger partial charge in [0.25, 0.3) is 5.69 Å². The Labute approximate surface area is 137 Å².